The fourth-order valence-electron chi connectivity index (χ4n) is 0.709. The van der Waals surface area contributed by atoms with Crippen molar-refractivity contribution in [1.29, 1.82) is 0 Å². The first kappa shape index (κ1) is 14.7. The summed E-state index contributed by atoms with van der Waals surface area (Å²) in [6, 6.07) is -0.945. The van der Waals surface area contributed by atoms with E-state index in [1.807, 2.05) is 5.48 Å². The highest BCUT2D eigenvalue weighted by molar-refractivity contribution is 5.75. The number of nitrogens with one attached hydrogen (secondary N) is 1. The smallest absolute Gasteiger partial charge is 0.431 e. The Morgan fingerprint density at radius 1 is 1.38 bits per heavy atom. The zero-order valence-corrected chi connectivity index (χ0v) is 9.90. The van der Waals surface area contributed by atoms with Crippen LogP contribution in [0.1, 0.15) is 20.8 Å². The summed E-state index contributed by atoms with van der Waals surface area (Å²) in [5, 5.41) is 0. The normalized spacial score (nSPS) is 12.8. The molecule has 0 radical (unpaired) electrons. The maximum atomic E-state index is 11.1. The Bertz CT molecular complexity index is 249. The van der Waals surface area contributed by atoms with E-state index in [-0.39, 0.29) is 6.61 Å². The van der Waals surface area contributed by atoms with Gasteiger partial charge in [-0.3, -0.25) is 9.63 Å². The third-order valence-corrected chi connectivity index (χ3v) is 1.32. The Hall–Kier alpha value is -1.34. The molecule has 0 aliphatic heterocycles. The Morgan fingerprint density at radius 3 is 2.38 bits per heavy atom. The van der Waals surface area contributed by atoms with E-state index in [0.29, 0.717) is 0 Å². The van der Waals surface area contributed by atoms with E-state index in [9.17, 15) is 9.59 Å². The van der Waals surface area contributed by atoms with E-state index >= 15 is 0 Å². The fourth-order valence-corrected chi connectivity index (χ4v) is 0.709. The summed E-state index contributed by atoms with van der Waals surface area (Å²) in [7, 11) is 1.21. The maximum absolute atomic E-state index is 11.1. The van der Waals surface area contributed by atoms with Gasteiger partial charge in [0, 0.05) is 0 Å². The second-order valence-corrected chi connectivity index (χ2v) is 4.04. The molecule has 0 bridgehead atoms. The first-order valence-electron chi connectivity index (χ1n) is 4.70. The lowest BCUT2D eigenvalue weighted by Crippen LogP contribution is -2.40. The molecule has 16 heavy (non-hydrogen) atoms. The molecule has 0 saturated heterocycles. The lowest BCUT2D eigenvalue weighted by Gasteiger charge is -2.19. The van der Waals surface area contributed by atoms with Crippen LogP contribution in [-0.4, -0.2) is 37.4 Å². The number of nitrogens with two attached hydrogens (primary N) is 1. The lowest BCUT2D eigenvalue weighted by molar-refractivity contribution is -0.144. The van der Waals surface area contributed by atoms with Crippen molar-refractivity contribution in [2.75, 3.05) is 13.7 Å². The van der Waals surface area contributed by atoms with Crippen molar-refractivity contribution in [2.24, 2.45) is 5.73 Å². The Labute approximate surface area is 94.2 Å². The highest BCUT2D eigenvalue weighted by Crippen LogP contribution is 2.06. The molecule has 1 amide bonds. The average molecular weight is 234 g/mol. The molecule has 0 aliphatic carbocycles. The highest BCUT2D eigenvalue weighted by atomic mass is 16.7. The second-order valence-electron chi connectivity index (χ2n) is 4.04. The van der Waals surface area contributed by atoms with Crippen molar-refractivity contribution in [3.05, 3.63) is 0 Å². The number of ether oxygens (including phenoxy) is 2. The summed E-state index contributed by atoms with van der Waals surface area (Å²) < 4.78 is 9.24. The van der Waals surface area contributed by atoms with Gasteiger partial charge in [0.25, 0.3) is 0 Å². The molecule has 0 heterocycles. The highest BCUT2D eigenvalue weighted by Gasteiger charge is 2.18. The molecule has 0 aliphatic rings. The van der Waals surface area contributed by atoms with Gasteiger partial charge < -0.3 is 15.2 Å². The molecule has 0 saturated carbocycles. The van der Waals surface area contributed by atoms with Crippen molar-refractivity contribution >= 4 is 12.1 Å². The third-order valence-electron chi connectivity index (χ3n) is 1.32. The summed E-state index contributed by atoms with van der Waals surface area (Å²) >= 11 is 0. The molecule has 0 rings (SSSR count). The van der Waals surface area contributed by atoms with Gasteiger partial charge in [0.2, 0.25) is 0 Å². The summed E-state index contributed by atoms with van der Waals surface area (Å²) in [6.45, 7) is 4.96. The van der Waals surface area contributed by atoms with Gasteiger partial charge in [-0.1, -0.05) is 0 Å². The minimum Gasteiger partial charge on any atom is -0.468 e. The van der Waals surface area contributed by atoms with Crippen LogP contribution in [0.4, 0.5) is 4.79 Å². The first-order valence-corrected chi connectivity index (χ1v) is 4.70. The zero-order chi connectivity index (χ0) is 12.8. The topological polar surface area (TPSA) is 99.9 Å². The van der Waals surface area contributed by atoms with Crippen LogP contribution in [0.2, 0.25) is 0 Å². The monoisotopic (exact) mass is 234 g/mol. The van der Waals surface area contributed by atoms with Gasteiger partial charge in [-0.25, -0.2) is 4.79 Å². The molecule has 0 unspecified atom stereocenters. The first-order chi connectivity index (χ1) is 7.26. The average Bonchev–Trinajstić information content (AvgIpc) is 2.13. The summed E-state index contributed by atoms with van der Waals surface area (Å²) in [5.41, 5.74) is 6.74. The van der Waals surface area contributed by atoms with Gasteiger partial charge in [-0.05, 0) is 20.8 Å². The number of amides is 1. The lowest BCUT2D eigenvalue weighted by atomic mass is 10.2. The van der Waals surface area contributed by atoms with Crippen LogP contribution >= 0.6 is 0 Å². The molecule has 0 aromatic carbocycles. The predicted molar refractivity (Wildman–Crippen MR) is 55.3 cm³/mol. The zero-order valence-electron chi connectivity index (χ0n) is 9.90. The van der Waals surface area contributed by atoms with Crippen molar-refractivity contribution in [1.82, 2.24) is 5.48 Å². The largest absolute Gasteiger partial charge is 0.468 e. The van der Waals surface area contributed by atoms with Gasteiger partial charge in [0.1, 0.15) is 18.2 Å². The van der Waals surface area contributed by atoms with Gasteiger partial charge >= 0.3 is 12.1 Å². The van der Waals surface area contributed by atoms with Crippen LogP contribution in [0.3, 0.4) is 0 Å². The van der Waals surface area contributed by atoms with E-state index in [2.05, 4.69) is 9.57 Å². The van der Waals surface area contributed by atoms with Crippen LogP contribution in [0.15, 0.2) is 0 Å². The van der Waals surface area contributed by atoms with Gasteiger partial charge in [-0.15, -0.1) is 0 Å². The quantitative estimate of drug-likeness (QED) is 0.522. The number of esters is 1. The number of rotatable bonds is 4. The molecule has 1 atom stereocenters. The van der Waals surface area contributed by atoms with Gasteiger partial charge in [0.15, 0.2) is 0 Å². The summed E-state index contributed by atoms with van der Waals surface area (Å²) in [4.78, 5) is 26.6. The number of carbonyl (C=O) groups is 2. The van der Waals surface area contributed by atoms with Gasteiger partial charge in [0.05, 0.1) is 7.11 Å². The Balaban J connectivity index is 3.74. The molecule has 0 fully saturated rings. The SMILES string of the molecule is COC(=O)[C@@H](N)CONC(=O)OC(C)(C)C. The van der Waals surface area contributed by atoms with Crippen LogP contribution < -0.4 is 11.2 Å². The van der Waals surface area contributed by atoms with E-state index in [0.717, 1.165) is 0 Å². The molecular formula is C9H18N2O5. The molecule has 7 heteroatoms. The number of methoxy groups -OCH3 is 1. The molecule has 7 nitrogen and oxygen atoms in total. The van der Waals surface area contributed by atoms with E-state index in [1.54, 1.807) is 20.8 Å². The summed E-state index contributed by atoms with van der Waals surface area (Å²) in [5.74, 6) is -0.619. The maximum Gasteiger partial charge on any atom is 0.431 e. The molecule has 0 aromatic rings. The fraction of sp³-hybridized carbons (Fsp3) is 0.778. The standard InChI is InChI=1S/C9H18N2O5/c1-9(2,3)16-8(13)11-15-5-6(10)7(12)14-4/h6H,5,10H2,1-4H3,(H,11,13)/t6-/m0/s1. The van der Waals surface area contributed by atoms with E-state index in [4.69, 9.17) is 10.5 Å². The van der Waals surface area contributed by atoms with Crippen LogP contribution in [0.25, 0.3) is 0 Å². The van der Waals surface area contributed by atoms with E-state index < -0.39 is 23.7 Å². The molecule has 94 valence electrons. The van der Waals surface area contributed by atoms with Crippen molar-refractivity contribution in [2.45, 2.75) is 32.4 Å². The van der Waals surface area contributed by atoms with E-state index in [1.165, 1.54) is 7.11 Å². The molecule has 0 aromatic heterocycles. The number of hydroxylamine groups is 1. The molecular weight excluding hydrogens is 216 g/mol. The second kappa shape index (κ2) is 6.29. The molecule has 3 N–H and O–H groups in total. The third kappa shape index (κ3) is 7.02. The van der Waals surface area contributed by atoms with Crippen molar-refractivity contribution in [3.8, 4) is 0 Å². The minimum atomic E-state index is -0.945. The Morgan fingerprint density at radius 2 is 1.94 bits per heavy atom. The number of hydrogen-bond acceptors (Lipinski definition) is 6. The number of carbonyl (C=O) groups excluding carboxylic acids is 2. The predicted octanol–water partition coefficient (Wildman–Crippen LogP) is -0.0570. The van der Waals surface area contributed by atoms with Gasteiger partial charge in [-0.2, -0.15) is 5.48 Å². The molecule has 0 spiro atoms. The van der Waals surface area contributed by atoms with Crippen LogP contribution in [-0.2, 0) is 19.1 Å². The minimum absolute atomic E-state index is 0.189. The van der Waals surface area contributed by atoms with Crippen molar-refractivity contribution in [3.63, 3.8) is 0 Å². The van der Waals surface area contributed by atoms with Crippen molar-refractivity contribution < 1.29 is 23.9 Å². The summed E-state index contributed by atoms with van der Waals surface area (Å²) in [6.07, 6.45) is -0.746. The van der Waals surface area contributed by atoms with Crippen LogP contribution in [0.5, 0.6) is 0 Å². The number of hydrogen-bond donors (Lipinski definition) is 2. The Kier molecular flexibility index (Phi) is 5.76. The van der Waals surface area contributed by atoms with Crippen LogP contribution in [0, 0.1) is 0 Å².